The summed E-state index contributed by atoms with van der Waals surface area (Å²) < 4.78 is 4.69. The van der Waals surface area contributed by atoms with Crippen molar-refractivity contribution in [3.8, 4) is 0 Å². The zero-order chi connectivity index (χ0) is 13.4. The van der Waals surface area contributed by atoms with Crippen molar-refractivity contribution >= 4 is 12.2 Å². The molecule has 5 N–H and O–H groups in total. The highest BCUT2D eigenvalue weighted by Crippen LogP contribution is 2.01. The smallest absolute Gasteiger partial charge is 0.407 e. The maximum Gasteiger partial charge on any atom is 0.407 e. The molecule has 2 heterocycles. The Balaban J connectivity index is 0.000000180. The van der Waals surface area contributed by atoms with E-state index in [0.717, 1.165) is 32.6 Å². The van der Waals surface area contributed by atoms with Gasteiger partial charge in [-0.3, -0.25) is 0 Å². The van der Waals surface area contributed by atoms with Crippen LogP contribution in [0.4, 0.5) is 9.59 Å². The zero-order valence-electron chi connectivity index (χ0n) is 10.2. The van der Waals surface area contributed by atoms with Gasteiger partial charge in [-0.05, 0) is 13.0 Å². The fraction of sp³-hybridized carbons (Fsp3) is 0.800. The average molecular weight is 260 g/mol. The summed E-state index contributed by atoms with van der Waals surface area (Å²) in [6.07, 6.45) is -0.606. The molecular weight excluding hydrogens is 240 g/mol. The summed E-state index contributed by atoms with van der Waals surface area (Å²) in [5, 5.41) is 14.5. The molecule has 0 spiro atoms. The van der Waals surface area contributed by atoms with Gasteiger partial charge in [-0.15, -0.1) is 0 Å². The Hall–Kier alpha value is -1.54. The van der Waals surface area contributed by atoms with Crippen LogP contribution in [0.25, 0.3) is 0 Å². The second-order valence-electron chi connectivity index (χ2n) is 4.07. The first-order chi connectivity index (χ1) is 8.59. The molecule has 8 nitrogen and oxygen atoms in total. The van der Waals surface area contributed by atoms with Crippen LogP contribution in [-0.2, 0) is 4.74 Å². The van der Waals surface area contributed by atoms with Crippen molar-refractivity contribution in [3.05, 3.63) is 0 Å². The van der Waals surface area contributed by atoms with E-state index in [0.29, 0.717) is 13.1 Å². The highest BCUT2D eigenvalue weighted by Gasteiger charge is 2.16. The summed E-state index contributed by atoms with van der Waals surface area (Å²) in [6.45, 7) is 4.46. The van der Waals surface area contributed by atoms with Crippen molar-refractivity contribution in [1.29, 1.82) is 0 Å². The number of hydrogen-bond acceptors (Lipinski definition) is 5. The molecule has 2 saturated heterocycles. The molecule has 0 radical (unpaired) electrons. The van der Waals surface area contributed by atoms with Crippen LogP contribution < -0.4 is 16.4 Å². The van der Waals surface area contributed by atoms with Crippen molar-refractivity contribution in [1.82, 2.24) is 15.5 Å². The number of carbonyl (C=O) groups excluding carboxylic acids is 1. The number of primary amides is 1. The Bertz CT molecular complexity index is 275. The van der Waals surface area contributed by atoms with Crippen molar-refractivity contribution in [2.75, 3.05) is 39.3 Å². The molecular formula is C10H20N4O4. The Morgan fingerprint density at radius 3 is 2.28 bits per heavy atom. The van der Waals surface area contributed by atoms with Crippen molar-refractivity contribution in [2.45, 2.75) is 12.5 Å². The topological polar surface area (TPSA) is 117 Å². The van der Waals surface area contributed by atoms with Crippen LogP contribution in [0.2, 0.25) is 0 Å². The Kier molecular flexibility index (Phi) is 6.23. The van der Waals surface area contributed by atoms with E-state index < -0.39 is 12.2 Å². The van der Waals surface area contributed by atoms with Gasteiger partial charge in [0, 0.05) is 32.7 Å². The maximum absolute atomic E-state index is 10.3. The van der Waals surface area contributed by atoms with E-state index in [-0.39, 0.29) is 6.10 Å². The van der Waals surface area contributed by atoms with Crippen molar-refractivity contribution < 1.29 is 19.4 Å². The molecule has 0 aliphatic carbocycles. The molecule has 0 aromatic carbocycles. The summed E-state index contributed by atoms with van der Waals surface area (Å²) in [6, 6.07) is 0. The lowest BCUT2D eigenvalue weighted by atomic mass is 10.3. The minimum absolute atomic E-state index is 0.00231. The minimum Gasteiger partial charge on any atom is -0.465 e. The molecule has 0 saturated carbocycles. The minimum atomic E-state index is -0.809. The number of carboxylic acid groups (broad SMARTS) is 1. The summed E-state index contributed by atoms with van der Waals surface area (Å²) in [7, 11) is 0. The number of ether oxygens (including phenoxy) is 1. The van der Waals surface area contributed by atoms with Crippen LogP contribution in [0.3, 0.4) is 0 Å². The molecule has 2 aliphatic heterocycles. The van der Waals surface area contributed by atoms with Gasteiger partial charge in [0.15, 0.2) is 0 Å². The molecule has 0 bridgehead atoms. The predicted molar refractivity (Wildman–Crippen MR) is 64.4 cm³/mol. The van der Waals surface area contributed by atoms with Gasteiger partial charge >= 0.3 is 12.2 Å². The average Bonchev–Trinajstić information content (AvgIpc) is 2.83. The number of rotatable bonds is 1. The third-order valence-corrected chi connectivity index (χ3v) is 2.69. The van der Waals surface area contributed by atoms with Crippen LogP contribution in [0.5, 0.6) is 0 Å². The molecule has 0 aromatic heterocycles. The van der Waals surface area contributed by atoms with Gasteiger partial charge < -0.3 is 31.1 Å². The first-order valence-electron chi connectivity index (χ1n) is 5.95. The van der Waals surface area contributed by atoms with E-state index in [1.165, 1.54) is 4.90 Å². The van der Waals surface area contributed by atoms with E-state index in [1.54, 1.807) is 0 Å². The number of piperazine rings is 1. The molecule has 1 atom stereocenters. The van der Waals surface area contributed by atoms with Crippen LogP contribution in [-0.4, -0.2) is 67.6 Å². The van der Waals surface area contributed by atoms with Gasteiger partial charge in [-0.2, -0.15) is 0 Å². The van der Waals surface area contributed by atoms with E-state index >= 15 is 0 Å². The number of hydrogen-bond donors (Lipinski definition) is 4. The van der Waals surface area contributed by atoms with Gasteiger partial charge in [0.1, 0.15) is 6.10 Å². The standard InChI is InChI=1S/2C5H10N2O2/c8-5(9)7-3-1-6-2-4-7;6-5(8)9-4-1-2-7-3-4/h6H,1-4H2,(H,8,9);4,7H,1-3H2,(H2,6,8)/t;4-/m.0/s1. The van der Waals surface area contributed by atoms with Gasteiger partial charge in [-0.25, -0.2) is 9.59 Å². The number of nitrogens with two attached hydrogens (primary N) is 1. The van der Waals surface area contributed by atoms with Gasteiger partial charge in [0.2, 0.25) is 0 Å². The molecule has 2 fully saturated rings. The van der Waals surface area contributed by atoms with E-state index in [9.17, 15) is 9.59 Å². The summed E-state index contributed by atoms with van der Waals surface area (Å²) in [4.78, 5) is 21.8. The summed E-state index contributed by atoms with van der Waals surface area (Å²) in [5.74, 6) is 0. The molecule has 2 aliphatic rings. The van der Waals surface area contributed by atoms with Crippen LogP contribution >= 0.6 is 0 Å². The molecule has 104 valence electrons. The van der Waals surface area contributed by atoms with Crippen LogP contribution in [0.15, 0.2) is 0 Å². The number of carbonyl (C=O) groups is 2. The largest absolute Gasteiger partial charge is 0.465 e. The van der Waals surface area contributed by atoms with Crippen molar-refractivity contribution in [2.24, 2.45) is 5.73 Å². The second-order valence-corrected chi connectivity index (χ2v) is 4.07. The third-order valence-electron chi connectivity index (χ3n) is 2.69. The fourth-order valence-corrected chi connectivity index (χ4v) is 1.75. The normalized spacial score (nSPS) is 22.9. The lowest BCUT2D eigenvalue weighted by molar-refractivity contribution is 0.116. The second kappa shape index (κ2) is 7.72. The van der Waals surface area contributed by atoms with Gasteiger partial charge in [0.05, 0.1) is 0 Å². The SMILES string of the molecule is NC(=O)O[C@H]1CCNC1.O=C(O)N1CCNCC1. The first-order valence-corrected chi connectivity index (χ1v) is 5.95. The molecule has 8 heteroatoms. The highest BCUT2D eigenvalue weighted by atomic mass is 16.6. The molecule has 2 rings (SSSR count). The third kappa shape index (κ3) is 5.69. The van der Waals surface area contributed by atoms with E-state index in [4.69, 9.17) is 10.8 Å². The number of amides is 2. The molecule has 0 aromatic rings. The predicted octanol–water partition coefficient (Wildman–Crippen LogP) is -0.987. The summed E-state index contributed by atoms with van der Waals surface area (Å²) in [5.41, 5.74) is 4.78. The van der Waals surface area contributed by atoms with E-state index in [1.807, 2.05) is 0 Å². The zero-order valence-corrected chi connectivity index (χ0v) is 10.2. The number of nitrogens with zero attached hydrogens (tertiary/aromatic N) is 1. The number of nitrogens with one attached hydrogen (secondary N) is 2. The Morgan fingerprint density at radius 1 is 1.22 bits per heavy atom. The van der Waals surface area contributed by atoms with E-state index in [2.05, 4.69) is 15.4 Å². The van der Waals surface area contributed by atoms with Gasteiger partial charge in [0.25, 0.3) is 0 Å². The highest BCUT2D eigenvalue weighted by molar-refractivity contribution is 5.65. The lowest BCUT2D eigenvalue weighted by Crippen LogP contribution is -2.45. The Morgan fingerprint density at radius 2 is 1.89 bits per heavy atom. The molecule has 0 unspecified atom stereocenters. The van der Waals surface area contributed by atoms with Crippen LogP contribution in [0, 0.1) is 0 Å². The molecule has 18 heavy (non-hydrogen) atoms. The van der Waals surface area contributed by atoms with Crippen molar-refractivity contribution in [3.63, 3.8) is 0 Å². The molecule has 2 amide bonds. The van der Waals surface area contributed by atoms with Crippen LogP contribution in [0.1, 0.15) is 6.42 Å². The summed E-state index contributed by atoms with van der Waals surface area (Å²) >= 11 is 0. The lowest BCUT2D eigenvalue weighted by Gasteiger charge is -2.23. The van der Waals surface area contributed by atoms with Gasteiger partial charge in [-0.1, -0.05) is 0 Å². The monoisotopic (exact) mass is 260 g/mol. The maximum atomic E-state index is 10.3. The Labute approximate surface area is 105 Å². The fourth-order valence-electron chi connectivity index (χ4n) is 1.75. The first kappa shape index (κ1) is 14.5. The quantitative estimate of drug-likeness (QED) is 0.481.